The Morgan fingerprint density at radius 3 is 2.19 bits per heavy atom. The summed E-state index contributed by atoms with van der Waals surface area (Å²) in [6.07, 6.45) is 0. The van der Waals surface area contributed by atoms with Crippen LogP contribution in [0.1, 0.15) is 5.56 Å². The van der Waals surface area contributed by atoms with Crippen molar-refractivity contribution >= 4 is 22.4 Å². The van der Waals surface area contributed by atoms with Crippen molar-refractivity contribution < 1.29 is 14.2 Å². The second kappa shape index (κ2) is 7.72. The number of nitriles is 1. The van der Waals surface area contributed by atoms with E-state index in [2.05, 4.69) is 20.7 Å². The minimum Gasteiger partial charge on any atom is -0.493 e. The molecule has 0 saturated carbocycles. The summed E-state index contributed by atoms with van der Waals surface area (Å²) >= 11 is 1.24. The second-order valence-corrected chi connectivity index (χ2v) is 5.90. The van der Waals surface area contributed by atoms with Crippen molar-refractivity contribution in [3.8, 4) is 34.7 Å². The lowest BCUT2D eigenvalue weighted by molar-refractivity contribution is 0.324. The van der Waals surface area contributed by atoms with E-state index >= 15 is 0 Å². The summed E-state index contributed by atoms with van der Waals surface area (Å²) < 4.78 is 20.4. The SMILES string of the molecule is COc1cc(-c2nsc(Nc3ccc(C#N)cc3)n2)cc(OC)c1OC. The van der Waals surface area contributed by atoms with Gasteiger partial charge in [0, 0.05) is 22.8 Å². The molecule has 8 heteroatoms. The molecule has 1 aromatic heterocycles. The van der Waals surface area contributed by atoms with Gasteiger partial charge in [-0.1, -0.05) is 0 Å². The van der Waals surface area contributed by atoms with Crippen LogP contribution in [0.3, 0.4) is 0 Å². The molecule has 0 atom stereocenters. The van der Waals surface area contributed by atoms with Crippen LogP contribution in [0.15, 0.2) is 36.4 Å². The number of hydrogen-bond donors (Lipinski definition) is 1. The minimum absolute atomic E-state index is 0.518. The fourth-order valence-corrected chi connectivity index (χ4v) is 2.96. The first kappa shape index (κ1) is 17.5. The molecule has 0 saturated heterocycles. The van der Waals surface area contributed by atoms with Crippen molar-refractivity contribution in [1.29, 1.82) is 5.26 Å². The van der Waals surface area contributed by atoms with Crippen LogP contribution in [0.4, 0.5) is 10.8 Å². The summed E-state index contributed by atoms with van der Waals surface area (Å²) in [6, 6.07) is 12.8. The fraction of sp³-hybridized carbons (Fsp3) is 0.167. The van der Waals surface area contributed by atoms with Crippen LogP contribution in [-0.4, -0.2) is 30.7 Å². The molecule has 0 bridgehead atoms. The van der Waals surface area contributed by atoms with Gasteiger partial charge in [-0.15, -0.1) is 0 Å². The van der Waals surface area contributed by atoms with Crippen molar-refractivity contribution in [2.24, 2.45) is 0 Å². The van der Waals surface area contributed by atoms with E-state index in [1.807, 2.05) is 12.1 Å². The van der Waals surface area contributed by atoms with Crippen LogP contribution in [-0.2, 0) is 0 Å². The number of hydrogen-bond acceptors (Lipinski definition) is 8. The molecule has 3 aromatic rings. The second-order valence-electron chi connectivity index (χ2n) is 5.15. The molecule has 0 spiro atoms. The lowest BCUT2D eigenvalue weighted by Gasteiger charge is -2.12. The average molecular weight is 368 g/mol. The molecule has 0 radical (unpaired) electrons. The molecule has 0 amide bonds. The van der Waals surface area contributed by atoms with Gasteiger partial charge in [0.05, 0.1) is 33.0 Å². The Labute approximate surface area is 155 Å². The standard InChI is InChI=1S/C18H16N4O3S/c1-23-14-8-12(9-15(24-2)16(14)25-3)17-21-18(26-22-17)20-13-6-4-11(10-19)5-7-13/h4-9H,1-3H3,(H,20,21,22). The van der Waals surface area contributed by atoms with Crippen LogP contribution in [0.2, 0.25) is 0 Å². The molecule has 0 unspecified atom stereocenters. The smallest absolute Gasteiger partial charge is 0.207 e. The van der Waals surface area contributed by atoms with Gasteiger partial charge in [-0.3, -0.25) is 0 Å². The van der Waals surface area contributed by atoms with E-state index in [1.165, 1.54) is 11.5 Å². The van der Waals surface area contributed by atoms with Crippen LogP contribution >= 0.6 is 11.5 Å². The van der Waals surface area contributed by atoms with Crippen LogP contribution in [0, 0.1) is 11.3 Å². The third kappa shape index (κ3) is 3.53. The molecule has 26 heavy (non-hydrogen) atoms. The molecule has 2 aromatic carbocycles. The van der Waals surface area contributed by atoms with E-state index in [4.69, 9.17) is 19.5 Å². The van der Waals surface area contributed by atoms with Gasteiger partial charge in [0.25, 0.3) is 0 Å². The summed E-state index contributed by atoms with van der Waals surface area (Å²) in [7, 11) is 4.68. The quantitative estimate of drug-likeness (QED) is 0.707. The third-order valence-corrected chi connectivity index (χ3v) is 4.24. The Kier molecular flexibility index (Phi) is 5.20. The highest BCUT2D eigenvalue weighted by molar-refractivity contribution is 7.09. The summed E-state index contributed by atoms with van der Waals surface area (Å²) in [5, 5.41) is 12.7. The van der Waals surface area contributed by atoms with Crippen LogP contribution in [0.5, 0.6) is 17.2 Å². The third-order valence-electron chi connectivity index (χ3n) is 3.61. The average Bonchev–Trinajstić information content (AvgIpc) is 3.15. The summed E-state index contributed by atoms with van der Waals surface area (Å²) in [6.45, 7) is 0. The number of anilines is 2. The molecule has 1 heterocycles. The zero-order chi connectivity index (χ0) is 18.5. The molecule has 0 aliphatic heterocycles. The summed E-state index contributed by atoms with van der Waals surface area (Å²) in [5.41, 5.74) is 2.19. The fourth-order valence-electron chi connectivity index (χ4n) is 2.35. The number of nitrogens with zero attached hydrogens (tertiary/aromatic N) is 3. The first-order chi connectivity index (χ1) is 12.7. The van der Waals surface area contributed by atoms with E-state index < -0.39 is 0 Å². The molecule has 0 aliphatic carbocycles. The van der Waals surface area contributed by atoms with Crippen molar-refractivity contribution in [2.75, 3.05) is 26.6 Å². The monoisotopic (exact) mass is 368 g/mol. The highest BCUT2D eigenvalue weighted by Crippen LogP contribution is 2.41. The van der Waals surface area contributed by atoms with E-state index in [-0.39, 0.29) is 0 Å². The van der Waals surface area contributed by atoms with Gasteiger partial charge in [0.1, 0.15) is 0 Å². The zero-order valence-electron chi connectivity index (χ0n) is 14.4. The lowest BCUT2D eigenvalue weighted by Crippen LogP contribution is -1.96. The number of ether oxygens (including phenoxy) is 3. The zero-order valence-corrected chi connectivity index (χ0v) is 15.3. The van der Waals surface area contributed by atoms with Crippen molar-refractivity contribution in [1.82, 2.24) is 9.36 Å². The maximum absolute atomic E-state index is 8.85. The van der Waals surface area contributed by atoms with Gasteiger partial charge in [0.2, 0.25) is 10.9 Å². The number of aromatic nitrogens is 2. The molecule has 0 aliphatic rings. The highest BCUT2D eigenvalue weighted by atomic mass is 32.1. The van der Waals surface area contributed by atoms with Gasteiger partial charge >= 0.3 is 0 Å². The van der Waals surface area contributed by atoms with Gasteiger partial charge in [-0.25, -0.2) is 0 Å². The summed E-state index contributed by atoms with van der Waals surface area (Å²) in [4.78, 5) is 4.50. The Balaban J connectivity index is 1.88. The topological polar surface area (TPSA) is 89.3 Å². The normalized spacial score (nSPS) is 10.1. The molecule has 3 rings (SSSR count). The van der Waals surface area contributed by atoms with Gasteiger partial charge < -0.3 is 19.5 Å². The van der Waals surface area contributed by atoms with Crippen LogP contribution in [0.25, 0.3) is 11.4 Å². The van der Waals surface area contributed by atoms with Gasteiger partial charge in [-0.05, 0) is 36.4 Å². The predicted molar refractivity (Wildman–Crippen MR) is 99.4 cm³/mol. The van der Waals surface area contributed by atoms with Crippen molar-refractivity contribution in [3.63, 3.8) is 0 Å². The van der Waals surface area contributed by atoms with E-state index in [0.717, 1.165) is 11.3 Å². The predicted octanol–water partition coefficient (Wildman–Crippen LogP) is 3.85. The number of nitrogens with one attached hydrogen (secondary N) is 1. The maximum Gasteiger partial charge on any atom is 0.207 e. The van der Waals surface area contributed by atoms with Crippen LogP contribution < -0.4 is 19.5 Å². The maximum atomic E-state index is 8.85. The van der Waals surface area contributed by atoms with Gasteiger partial charge in [0.15, 0.2) is 17.3 Å². The molecule has 0 fully saturated rings. The highest BCUT2D eigenvalue weighted by Gasteiger charge is 2.16. The largest absolute Gasteiger partial charge is 0.493 e. The molecule has 7 nitrogen and oxygen atoms in total. The number of methoxy groups -OCH3 is 3. The van der Waals surface area contributed by atoms with Crippen molar-refractivity contribution in [2.45, 2.75) is 0 Å². The minimum atomic E-state index is 0.518. The lowest BCUT2D eigenvalue weighted by atomic mass is 10.1. The van der Waals surface area contributed by atoms with Crippen molar-refractivity contribution in [3.05, 3.63) is 42.0 Å². The van der Waals surface area contributed by atoms with E-state index in [1.54, 1.807) is 45.6 Å². The first-order valence-electron chi connectivity index (χ1n) is 7.59. The van der Waals surface area contributed by atoms with E-state index in [0.29, 0.717) is 33.8 Å². The first-order valence-corrected chi connectivity index (χ1v) is 8.37. The van der Waals surface area contributed by atoms with E-state index in [9.17, 15) is 0 Å². The Morgan fingerprint density at radius 1 is 1.00 bits per heavy atom. The number of rotatable bonds is 6. The Hall–Kier alpha value is -3.31. The molecular formula is C18H16N4O3S. The Bertz CT molecular complexity index is 923. The van der Waals surface area contributed by atoms with Gasteiger partial charge in [-0.2, -0.15) is 14.6 Å². The molecule has 132 valence electrons. The Morgan fingerprint density at radius 2 is 1.65 bits per heavy atom. The number of benzene rings is 2. The summed E-state index contributed by atoms with van der Waals surface area (Å²) in [5.74, 6) is 2.15. The molecular weight excluding hydrogens is 352 g/mol. The molecule has 1 N–H and O–H groups in total.